The van der Waals surface area contributed by atoms with Crippen LogP contribution >= 0.6 is 11.8 Å². The van der Waals surface area contributed by atoms with Gasteiger partial charge in [0.25, 0.3) is 5.56 Å². The number of Topliss-reactive ketones (excluding diaryl/α,β-unsaturated/α-hetero) is 1. The van der Waals surface area contributed by atoms with Crippen molar-refractivity contribution in [2.24, 2.45) is 13.0 Å². The van der Waals surface area contributed by atoms with Gasteiger partial charge in [0.2, 0.25) is 0 Å². The van der Waals surface area contributed by atoms with Crippen molar-refractivity contribution in [3.8, 4) is 17.1 Å². The Morgan fingerprint density at radius 2 is 1.72 bits per heavy atom. The van der Waals surface area contributed by atoms with E-state index in [1.807, 2.05) is 44.2 Å². The first-order valence-corrected chi connectivity index (χ1v) is 12.2. The molecule has 2 heterocycles. The van der Waals surface area contributed by atoms with Gasteiger partial charge < -0.3 is 5.73 Å². The molecule has 9 nitrogen and oxygen atoms in total. The number of ketones is 1. The van der Waals surface area contributed by atoms with Crippen LogP contribution in [0.4, 0.5) is 10.2 Å². The van der Waals surface area contributed by atoms with E-state index in [0.717, 1.165) is 21.9 Å². The van der Waals surface area contributed by atoms with Crippen LogP contribution in [0.2, 0.25) is 0 Å². The average molecular weight is 509 g/mol. The Morgan fingerprint density at radius 1 is 1.06 bits per heavy atom. The minimum absolute atomic E-state index is 0.0745. The summed E-state index contributed by atoms with van der Waals surface area (Å²) < 4.78 is 17.4. The quantitative estimate of drug-likeness (QED) is 0.287. The highest BCUT2D eigenvalue weighted by Gasteiger charge is 2.24. The molecule has 0 fully saturated rings. The Labute approximate surface area is 210 Å². The van der Waals surface area contributed by atoms with Gasteiger partial charge in [-0.15, -0.1) is 10.2 Å². The number of anilines is 1. The molecule has 0 radical (unpaired) electrons. The Kier molecular flexibility index (Phi) is 7.20. The summed E-state index contributed by atoms with van der Waals surface area (Å²) in [6.07, 6.45) is 0. The molecule has 2 N–H and O–H groups in total. The van der Waals surface area contributed by atoms with Crippen molar-refractivity contribution >= 4 is 23.4 Å². The number of aromatic nitrogens is 5. The lowest BCUT2D eigenvalue weighted by Crippen LogP contribution is -2.43. The van der Waals surface area contributed by atoms with Crippen molar-refractivity contribution in [1.29, 1.82) is 0 Å². The third-order valence-corrected chi connectivity index (χ3v) is 6.42. The summed E-state index contributed by atoms with van der Waals surface area (Å²) in [5, 5.41) is 8.92. The molecule has 0 bridgehead atoms. The molecule has 0 saturated carbocycles. The number of carbonyl (C=O) groups excluding carboxylic acids is 1. The van der Waals surface area contributed by atoms with Gasteiger partial charge in [-0.1, -0.05) is 55.9 Å². The molecule has 11 heteroatoms. The Bertz CT molecular complexity index is 1520. The fourth-order valence-corrected chi connectivity index (χ4v) is 4.57. The van der Waals surface area contributed by atoms with Crippen molar-refractivity contribution in [2.75, 3.05) is 11.5 Å². The van der Waals surface area contributed by atoms with Crippen LogP contribution in [-0.4, -0.2) is 35.4 Å². The van der Waals surface area contributed by atoms with E-state index in [9.17, 15) is 18.8 Å². The lowest BCUT2D eigenvalue weighted by Gasteiger charge is -2.16. The van der Waals surface area contributed by atoms with Gasteiger partial charge in [0.05, 0.1) is 5.75 Å². The first-order valence-electron chi connectivity index (χ1n) is 11.2. The first-order chi connectivity index (χ1) is 17.2. The summed E-state index contributed by atoms with van der Waals surface area (Å²) in [6, 6.07) is 15.2. The molecule has 0 aliphatic carbocycles. The number of nitrogens with zero attached hydrogens (tertiary/aromatic N) is 5. The van der Waals surface area contributed by atoms with Crippen LogP contribution in [0.3, 0.4) is 0 Å². The predicted octanol–water partition coefficient (Wildman–Crippen LogP) is 3.15. The predicted molar refractivity (Wildman–Crippen MR) is 137 cm³/mol. The minimum Gasteiger partial charge on any atom is -0.384 e. The third kappa shape index (κ3) is 4.87. The number of benzene rings is 2. The molecule has 4 rings (SSSR count). The van der Waals surface area contributed by atoms with Gasteiger partial charge >= 0.3 is 5.69 Å². The monoisotopic (exact) mass is 508 g/mol. The molecule has 0 atom stereocenters. The smallest absolute Gasteiger partial charge is 0.332 e. The van der Waals surface area contributed by atoms with Crippen molar-refractivity contribution in [3.05, 3.63) is 86.8 Å². The van der Waals surface area contributed by atoms with E-state index in [1.165, 1.54) is 23.7 Å². The van der Waals surface area contributed by atoms with Crippen molar-refractivity contribution in [3.63, 3.8) is 0 Å². The molecule has 0 aliphatic heterocycles. The zero-order valence-corrected chi connectivity index (χ0v) is 20.8. The van der Waals surface area contributed by atoms with Gasteiger partial charge in [0, 0.05) is 24.8 Å². The van der Waals surface area contributed by atoms with Crippen LogP contribution in [0.25, 0.3) is 17.1 Å². The highest BCUT2D eigenvalue weighted by Crippen LogP contribution is 2.28. The summed E-state index contributed by atoms with van der Waals surface area (Å²) in [5.41, 5.74) is 5.98. The van der Waals surface area contributed by atoms with Crippen molar-refractivity contribution < 1.29 is 9.18 Å². The number of carbonyl (C=O) groups is 1. The topological polar surface area (TPSA) is 118 Å². The van der Waals surface area contributed by atoms with E-state index in [4.69, 9.17) is 5.73 Å². The minimum atomic E-state index is -0.743. The zero-order chi connectivity index (χ0) is 26.0. The molecule has 0 saturated heterocycles. The second-order valence-corrected chi connectivity index (χ2v) is 9.55. The second-order valence-electron chi connectivity index (χ2n) is 8.61. The van der Waals surface area contributed by atoms with Gasteiger partial charge in [-0.2, -0.15) is 0 Å². The van der Waals surface area contributed by atoms with Crippen LogP contribution < -0.4 is 17.0 Å². The Hall–Kier alpha value is -3.99. The molecule has 0 unspecified atom stereocenters. The van der Waals surface area contributed by atoms with Gasteiger partial charge in [-0.05, 0) is 30.2 Å². The average Bonchev–Trinajstić information content (AvgIpc) is 3.29. The van der Waals surface area contributed by atoms with Gasteiger partial charge in [0.1, 0.15) is 17.2 Å². The van der Waals surface area contributed by atoms with E-state index < -0.39 is 17.0 Å². The van der Waals surface area contributed by atoms with E-state index in [-0.39, 0.29) is 35.4 Å². The number of halogens is 1. The van der Waals surface area contributed by atoms with Crippen LogP contribution in [0.5, 0.6) is 0 Å². The fourth-order valence-electron chi connectivity index (χ4n) is 3.75. The molecule has 2 aromatic carbocycles. The van der Waals surface area contributed by atoms with Crippen molar-refractivity contribution in [2.45, 2.75) is 25.5 Å². The SMILES string of the molecule is CC(C)Cn1c(N)c(C(=O)CSc2nnc(-c3ccccc3)n2-c2ccc(F)cc2)c(=O)n(C)c1=O. The lowest BCUT2D eigenvalue weighted by atomic mass is 10.2. The zero-order valence-electron chi connectivity index (χ0n) is 20.0. The molecular weight excluding hydrogens is 483 g/mol. The van der Waals surface area contributed by atoms with Gasteiger partial charge in [-0.3, -0.25) is 23.3 Å². The van der Waals surface area contributed by atoms with E-state index in [2.05, 4.69) is 10.2 Å². The normalized spacial score (nSPS) is 11.2. The first kappa shape index (κ1) is 25.1. The van der Waals surface area contributed by atoms with Crippen LogP contribution in [0, 0.1) is 11.7 Å². The number of rotatable bonds is 8. The maximum Gasteiger partial charge on any atom is 0.332 e. The molecule has 36 heavy (non-hydrogen) atoms. The summed E-state index contributed by atoms with van der Waals surface area (Å²) in [6.45, 7) is 4.08. The van der Waals surface area contributed by atoms with E-state index >= 15 is 0 Å². The van der Waals surface area contributed by atoms with Crippen LogP contribution in [-0.2, 0) is 13.6 Å². The summed E-state index contributed by atoms with van der Waals surface area (Å²) in [5.74, 6) is -0.658. The highest BCUT2D eigenvalue weighted by atomic mass is 32.2. The number of thioether (sulfide) groups is 1. The molecule has 186 valence electrons. The number of hydrogen-bond acceptors (Lipinski definition) is 7. The van der Waals surface area contributed by atoms with Crippen molar-refractivity contribution in [1.82, 2.24) is 23.9 Å². The fraction of sp³-hybridized carbons (Fsp3) is 0.240. The number of nitrogens with two attached hydrogens (primary N) is 1. The summed E-state index contributed by atoms with van der Waals surface area (Å²) in [7, 11) is 1.32. The standard InChI is InChI=1S/C25H25FN6O3S/c1-15(2)13-31-21(27)20(23(34)30(3)25(31)35)19(33)14-36-24-29-28-22(16-7-5-4-6-8-16)32(24)18-11-9-17(26)10-12-18/h4-12,15H,13-14,27H2,1-3H3. The third-order valence-electron chi connectivity index (χ3n) is 5.49. The summed E-state index contributed by atoms with van der Waals surface area (Å²) >= 11 is 1.07. The highest BCUT2D eigenvalue weighted by molar-refractivity contribution is 7.99. The van der Waals surface area contributed by atoms with Gasteiger partial charge in [-0.25, -0.2) is 9.18 Å². The Morgan fingerprint density at radius 3 is 2.36 bits per heavy atom. The number of nitrogen functional groups attached to an aromatic ring is 1. The largest absolute Gasteiger partial charge is 0.384 e. The van der Waals surface area contributed by atoms with E-state index in [0.29, 0.717) is 16.7 Å². The molecule has 2 aromatic heterocycles. The second kappa shape index (κ2) is 10.3. The molecular formula is C25H25FN6O3S. The lowest BCUT2D eigenvalue weighted by molar-refractivity contribution is 0.102. The molecule has 0 amide bonds. The number of hydrogen-bond donors (Lipinski definition) is 1. The molecule has 0 spiro atoms. The Balaban J connectivity index is 1.71. The van der Waals surface area contributed by atoms with E-state index in [1.54, 1.807) is 16.7 Å². The van der Waals surface area contributed by atoms with Crippen LogP contribution in [0.15, 0.2) is 69.3 Å². The summed E-state index contributed by atoms with van der Waals surface area (Å²) in [4.78, 5) is 38.5. The van der Waals surface area contributed by atoms with Gasteiger partial charge in [0.15, 0.2) is 16.8 Å². The molecule has 4 aromatic rings. The molecule has 0 aliphatic rings. The maximum atomic E-state index is 13.6. The van der Waals surface area contributed by atoms with Crippen LogP contribution in [0.1, 0.15) is 24.2 Å². The maximum absolute atomic E-state index is 13.6.